The molecular formula is C47H60N2O13. The first kappa shape index (κ1) is 49.5. The number of methoxy groups -OCH3 is 3. The summed E-state index contributed by atoms with van der Waals surface area (Å²) in [6.07, 6.45) is 1.85. The van der Waals surface area contributed by atoms with Crippen LogP contribution in [0.15, 0.2) is 78.9 Å². The lowest BCUT2D eigenvalue weighted by Crippen LogP contribution is -2.17. The molecule has 0 aliphatic rings. The standard InChI is InChI=1S/C47H60N2O13/c1-51-14-17-54-20-23-57-26-29-60-44-34-41(35-45(61-30-27-58-24-21-55-18-15-52-2)46(44)62-31-28-59-25-22-56-19-16-53-3)47(50)49-43-12-10-39(11-13-43)42(36-48)33-37-8-9-38-6-4-5-7-40(38)32-37/h4-13,32-35H,14-31H2,1-3H3,(H,49,50)/b42-33+. The minimum atomic E-state index is -0.420. The Balaban J connectivity index is 1.48. The predicted molar refractivity (Wildman–Crippen MR) is 235 cm³/mol. The van der Waals surface area contributed by atoms with Crippen molar-refractivity contribution in [1.82, 2.24) is 0 Å². The number of amides is 1. The number of hydrogen-bond donors (Lipinski definition) is 1. The number of carbonyl (C=O) groups excluding carboxylic acids is 1. The molecule has 0 radical (unpaired) electrons. The molecule has 336 valence electrons. The van der Waals surface area contributed by atoms with Gasteiger partial charge in [-0.3, -0.25) is 4.79 Å². The molecule has 0 aromatic heterocycles. The number of carbonyl (C=O) groups is 1. The SMILES string of the molecule is COCCOCCOCCOc1cc(C(=O)Nc2ccc(/C(C#N)=C/c3ccc4ccccc4c3)cc2)cc(OCCOCCOCCOC)c1OCCOCCOCCOC. The number of benzene rings is 4. The predicted octanol–water partition coefficient (Wildman–Crippen LogP) is 6.33. The number of rotatable bonds is 34. The summed E-state index contributed by atoms with van der Waals surface area (Å²) in [4.78, 5) is 13.9. The fourth-order valence-corrected chi connectivity index (χ4v) is 5.66. The van der Waals surface area contributed by atoms with Gasteiger partial charge in [0, 0.05) is 32.6 Å². The number of anilines is 1. The molecule has 0 atom stereocenters. The van der Waals surface area contributed by atoms with Gasteiger partial charge in [0.2, 0.25) is 5.75 Å². The van der Waals surface area contributed by atoms with Crippen molar-refractivity contribution in [3.05, 3.63) is 95.6 Å². The van der Waals surface area contributed by atoms with E-state index in [1.807, 2.05) is 48.5 Å². The van der Waals surface area contributed by atoms with Crippen LogP contribution in [0.4, 0.5) is 5.69 Å². The van der Waals surface area contributed by atoms with Gasteiger partial charge in [0.15, 0.2) is 11.5 Å². The van der Waals surface area contributed by atoms with Crippen molar-refractivity contribution in [1.29, 1.82) is 5.26 Å². The number of fused-ring (bicyclic) bond motifs is 1. The van der Waals surface area contributed by atoms with Crippen LogP contribution in [0.25, 0.3) is 22.4 Å². The number of nitrogens with zero attached hydrogens (tertiary/aromatic N) is 1. The van der Waals surface area contributed by atoms with Crippen LogP contribution in [-0.2, 0) is 42.6 Å². The topological polar surface area (TPSA) is 164 Å². The van der Waals surface area contributed by atoms with Gasteiger partial charge in [-0.1, -0.05) is 48.5 Å². The Hall–Kier alpha value is -5.12. The molecule has 0 saturated heterocycles. The maximum absolute atomic E-state index is 13.9. The van der Waals surface area contributed by atoms with Crippen molar-refractivity contribution in [2.24, 2.45) is 0 Å². The van der Waals surface area contributed by atoms with Crippen LogP contribution in [0.5, 0.6) is 17.2 Å². The molecule has 0 bridgehead atoms. The van der Waals surface area contributed by atoms with Crippen LogP contribution in [0.2, 0.25) is 0 Å². The van der Waals surface area contributed by atoms with Crippen molar-refractivity contribution in [2.45, 2.75) is 0 Å². The second-order valence-corrected chi connectivity index (χ2v) is 13.3. The van der Waals surface area contributed by atoms with E-state index in [1.54, 1.807) is 57.7 Å². The van der Waals surface area contributed by atoms with Gasteiger partial charge in [-0.05, 0) is 58.3 Å². The summed E-state index contributed by atoms with van der Waals surface area (Å²) in [6, 6.07) is 26.7. The second-order valence-electron chi connectivity index (χ2n) is 13.3. The van der Waals surface area contributed by atoms with Crippen molar-refractivity contribution >= 4 is 34.0 Å². The molecule has 4 aromatic carbocycles. The Morgan fingerprint density at radius 2 is 0.968 bits per heavy atom. The Morgan fingerprint density at radius 1 is 0.516 bits per heavy atom. The number of allylic oxidation sites excluding steroid dienone is 1. The molecule has 0 aliphatic heterocycles. The first-order chi connectivity index (χ1) is 30.6. The Bertz CT molecular complexity index is 1890. The molecule has 62 heavy (non-hydrogen) atoms. The van der Waals surface area contributed by atoms with Crippen LogP contribution in [0.1, 0.15) is 21.5 Å². The fourth-order valence-electron chi connectivity index (χ4n) is 5.66. The average Bonchev–Trinajstić information content (AvgIpc) is 3.29. The first-order valence-corrected chi connectivity index (χ1v) is 20.6. The zero-order valence-electron chi connectivity index (χ0n) is 36.1. The molecule has 4 rings (SSSR count). The summed E-state index contributed by atoms with van der Waals surface area (Å²) in [6.45, 7) is 6.47. The summed E-state index contributed by atoms with van der Waals surface area (Å²) >= 11 is 0. The van der Waals surface area contributed by atoms with E-state index in [9.17, 15) is 10.1 Å². The van der Waals surface area contributed by atoms with E-state index in [4.69, 9.17) is 56.8 Å². The van der Waals surface area contributed by atoms with Crippen molar-refractivity contribution in [3.8, 4) is 23.3 Å². The van der Waals surface area contributed by atoms with E-state index in [1.165, 1.54) is 0 Å². The van der Waals surface area contributed by atoms with Gasteiger partial charge in [-0.2, -0.15) is 5.26 Å². The highest BCUT2D eigenvalue weighted by molar-refractivity contribution is 6.05. The number of hydrogen-bond acceptors (Lipinski definition) is 14. The maximum Gasteiger partial charge on any atom is 0.255 e. The monoisotopic (exact) mass is 860 g/mol. The van der Waals surface area contributed by atoms with Crippen LogP contribution >= 0.6 is 0 Å². The minimum Gasteiger partial charge on any atom is -0.487 e. The lowest BCUT2D eigenvalue weighted by atomic mass is 10.0. The van der Waals surface area contributed by atoms with Crippen molar-refractivity contribution < 1.29 is 61.6 Å². The van der Waals surface area contributed by atoms with Gasteiger partial charge >= 0.3 is 0 Å². The lowest BCUT2D eigenvalue weighted by Gasteiger charge is -2.19. The van der Waals surface area contributed by atoms with E-state index in [0.717, 1.165) is 16.3 Å². The molecule has 0 spiro atoms. The smallest absolute Gasteiger partial charge is 0.255 e. The quantitative estimate of drug-likeness (QED) is 0.0315. The van der Waals surface area contributed by atoms with E-state index in [-0.39, 0.29) is 56.7 Å². The Kier molecular flexibility index (Phi) is 24.6. The Morgan fingerprint density at radius 3 is 1.45 bits per heavy atom. The van der Waals surface area contributed by atoms with Crippen LogP contribution in [-0.4, -0.2) is 146 Å². The van der Waals surface area contributed by atoms with E-state index in [2.05, 4.69) is 11.4 Å². The van der Waals surface area contributed by atoms with Crippen molar-refractivity contribution in [2.75, 3.05) is 146 Å². The second kappa shape index (κ2) is 30.8. The van der Waals surface area contributed by atoms with Crippen LogP contribution in [0, 0.1) is 11.3 Å². The molecule has 15 heteroatoms. The molecule has 15 nitrogen and oxygen atoms in total. The summed E-state index contributed by atoms with van der Waals surface area (Å²) in [5.74, 6) is 0.419. The van der Waals surface area contributed by atoms with Gasteiger partial charge in [0.1, 0.15) is 19.8 Å². The normalized spacial score (nSPS) is 11.4. The van der Waals surface area contributed by atoms with Gasteiger partial charge in [0.25, 0.3) is 5.91 Å². The van der Waals surface area contributed by atoms with Crippen LogP contribution < -0.4 is 19.5 Å². The molecule has 1 N–H and O–H groups in total. The third kappa shape index (κ3) is 18.9. The number of nitriles is 1. The molecule has 4 aromatic rings. The summed E-state index contributed by atoms with van der Waals surface area (Å²) in [5.41, 5.74) is 2.89. The zero-order chi connectivity index (χ0) is 43.9. The molecule has 0 heterocycles. The highest BCUT2D eigenvalue weighted by atomic mass is 16.6. The third-order valence-corrected chi connectivity index (χ3v) is 8.80. The highest BCUT2D eigenvalue weighted by Gasteiger charge is 2.20. The van der Waals surface area contributed by atoms with Gasteiger partial charge in [0.05, 0.1) is 111 Å². The minimum absolute atomic E-state index is 0.149. The summed E-state index contributed by atoms with van der Waals surface area (Å²) < 4.78 is 67.1. The first-order valence-electron chi connectivity index (χ1n) is 20.6. The van der Waals surface area contributed by atoms with Gasteiger partial charge < -0.3 is 62.2 Å². The van der Waals surface area contributed by atoms with Gasteiger partial charge in [-0.25, -0.2) is 0 Å². The zero-order valence-corrected chi connectivity index (χ0v) is 36.1. The van der Waals surface area contributed by atoms with E-state index < -0.39 is 5.91 Å². The van der Waals surface area contributed by atoms with Crippen LogP contribution in [0.3, 0.4) is 0 Å². The molecule has 1 amide bonds. The molecular weight excluding hydrogens is 801 g/mol. The van der Waals surface area contributed by atoms with Crippen molar-refractivity contribution in [3.63, 3.8) is 0 Å². The molecule has 0 fully saturated rings. The molecule has 0 unspecified atom stereocenters. The number of ether oxygens (including phenoxy) is 12. The maximum atomic E-state index is 13.9. The van der Waals surface area contributed by atoms with E-state index in [0.29, 0.717) is 102 Å². The summed E-state index contributed by atoms with van der Waals surface area (Å²) in [7, 11) is 4.85. The molecule has 0 aliphatic carbocycles. The highest BCUT2D eigenvalue weighted by Crippen LogP contribution is 2.39. The van der Waals surface area contributed by atoms with Gasteiger partial charge in [-0.15, -0.1) is 0 Å². The largest absolute Gasteiger partial charge is 0.487 e. The molecule has 0 saturated carbocycles. The average molecular weight is 861 g/mol. The lowest BCUT2D eigenvalue weighted by molar-refractivity contribution is 0.0146. The number of nitrogens with one attached hydrogen (secondary N) is 1. The third-order valence-electron chi connectivity index (χ3n) is 8.80. The van der Waals surface area contributed by atoms with E-state index >= 15 is 0 Å². The fraction of sp³-hybridized carbons (Fsp3) is 0.447. The summed E-state index contributed by atoms with van der Waals surface area (Å²) in [5, 5.41) is 15.2. The Labute approximate surface area is 364 Å².